The first kappa shape index (κ1) is 21.7. The number of fused-ring (bicyclic) bond motifs is 1. The van der Waals surface area contributed by atoms with Gasteiger partial charge < -0.3 is 21.1 Å². The van der Waals surface area contributed by atoms with Crippen LogP contribution in [0, 0.1) is 11.3 Å². The molecule has 3 amide bonds. The summed E-state index contributed by atoms with van der Waals surface area (Å²) in [7, 11) is 1.28. The molecule has 0 spiro atoms. The zero-order valence-corrected chi connectivity index (χ0v) is 17.2. The van der Waals surface area contributed by atoms with Crippen LogP contribution >= 0.6 is 0 Å². The van der Waals surface area contributed by atoms with Gasteiger partial charge in [0, 0.05) is 12.1 Å². The molecule has 8 nitrogen and oxygen atoms in total. The standard InChI is InChI=1S/C20H30N4O4/c1-12(2)8-16-18(26)23-14-9-13(17(25)22-11-20(3,4)10-21)6-7-15(14)24(16)19(27)28-5/h6-7,9,12,16H,8,10-11,21H2,1-5H3,(H,22,25)(H,23,26). The third-order valence-corrected chi connectivity index (χ3v) is 4.74. The van der Waals surface area contributed by atoms with E-state index in [4.69, 9.17) is 10.5 Å². The summed E-state index contributed by atoms with van der Waals surface area (Å²) in [4.78, 5) is 38.8. The molecule has 1 aliphatic heterocycles. The molecule has 1 heterocycles. The third kappa shape index (κ3) is 4.81. The molecule has 8 heteroatoms. The van der Waals surface area contributed by atoms with Crippen molar-refractivity contribution in [3.05, 3.63) is 23.8 Å². The molecule has 1 aromatic carbocycles. The van der Waals surface area contributed by atoms with E-state index in [9.17, 15) is 14.4 Å². The number of nitrogens with zero attached hydrogens (tertiary/aromatic N) is 1. The summed E-state index contributed by atoms with van der Waals surface area (Å²) in [6.07, 6.45) is -0.111. The summed E-state index contributed by atoms with van der Waals surface area (Å²) in [5.41, 5.74) is 6.78. The quantitative estimate of drug-likeness (QED) is 0.690. The highest BCUT2D eigenvalue weighted by molar-refractivity contribution is 6.11. The summed E-state index contributed by atoms with van der Waals surface area (Å²) < 4.78 is 4.89. The summed E-state index contributed by atoms with van der Waals surface area (Å²) in [6.45, 7) is 8.76. The Bertz CT molecular complexity index is 761. The Morgan fingerprint density at radius 3 is 2.61 bits per heavy atom. The molecule has 154 valence electrons. The maximum absolute atomic E-state index is 12.6. The van der Waals surface area contributed by atoms with Crippen molar-refractivity contribution in [1.82, 2.24) is 5.32 Å². The highest BCUT2D eigenvalue weighted by atomic mass is 16.5. The van der Waals surface area contributed by atoms with Gasteiger partial charge in [0.2, 0.25) is 5.91 Å². The maximum atomic E-state index is 12.6. The van der Waals surface area contributed by atoms with Gasteiger partial charge in [-0.3, -0.25) is 14.5 Å². The first-order valence-corrected chi connectivity index (χ1v) is 9.40. The number of anilines is 2. The number of methoxy groups -OCH3 is 1. The second kappa shape index (κ2) is 8.60. The Balaban J connectivity index is 2.32. The number of hydrogen-bond acceptors (Lipinski definition) is 5. The summed E-state index contributed by atoms with van der Waals surface area (Å²) in [5, 5.41) is 5.67. The van der Waals surface area contributed by atoms with Crippen LogP contribution in [0.4, 0.5) is 16.2 Å². The lowest BCUT2D eigenvalue weighted by Gasteiger charge is -2.36. The number of ether oxygens (including phenoxy) is 1. The highest BCUT2D eigenvalue weighted by Crippen LogP contribution is 2.35. The van der Waals surface area contributed by atoms with Gasteiger partial charge in [-0.15, -0.1) is 0 Å². The van der Waals surface area contributed by atoms with Crippen LogP contribution in [-0.4, -0.2) is 44.1 Å². The van der Waals surface area contributed by atoms with E-state index in [2.05, 4.69) is 10.6 Å². The first-order valence-electron chi connectivity index (χ1n) is 9.40. The fourth-order valence-corrected chi connectivity index (χ4v) is 2.97. The molecule has 1 aromatic rings. The van der Waals surface area contributed by atoms with E-state index in [0.29, 0.717) is 36.4 Å². The molecule has 0 fully saturated rings. The van der Waals surface area contributed by atoms with Gasteiger partial charge in [0.25, 0.3) is 5.91 Å². The normalized spacial score (nSPS) is 16.5. The number of rotatable bonds is 6. The summed E-state index contributed by atoms with van der Waals surface area (Å²) in [5.74, 6) is -0.360. The lowest BCUT2D eigenvalue weighted by Crippen LogP contribution is -2.51. The van der Waals surface area contributed by atoms with E-state index in [1.165, 1.54) is 12.0 Å². The molecular weight excluding hydrogens is 360 g/mol. The maximum Gasteiger partial charge on any atom is 0.414 e. The van der Waals surface area contributed by atoms with Crippen LogP contribution in [0.15, 0.2) is 18.2 Å². The van der Waals surface area contributed by atoms with Gasteiger partial charge in [0.1, 0.15) is 6.04 Å². The van der Waals surface area contributed by atoms with Gasteiger partial charge in [-0.2, -0.15) is 0 Å². The van der Waals surface area contributed by atoms with Gasteiger partial charge in [0.15, 0.2) is 0 Å². The molecule has 1 unspecified atom stereocenters. The van der Waals surface area contributed by atoms with Crippen molar-refractivity contribution in [3.63, 3.8) is 0 Å². The molecule has 1 atom stereocenters. The lowest BCUT2D eigenvalue weighted by atomic mass is 9.94. The Kier molecular flexibility index (Phi) is 6.66. The second-order valence-corrected chi connectivity index (χ2v) is 8.26. The summed E-state index contributed by atoms with van der Waals surface area (Å²) in [6, 6.07) is 4.19. The van der Waals surface area contributed by atoms with Gasteiger partial charge in [-0.1, -0.05) is 27.7 Å². The number of carbonyl (C=O) groups is 3. The molecule has 0 saturated carbocycles. The van der Waals surface area contributed by atoms with Gasteiger partial charge in [0.05, 0.1) is 18.5 Å². The number of hydrogen-bond donors (Lipinski definition) is 3. The average molecular weight is 390 g/mol. The minimum absolute atomic E-state index is 0.209. The van der Waals surface area contributed by atoms with Crippen LogP contribution in [-0.2, 0) is 9.53 Å². The fourth-order valence-electron chi connectivity index (χ4n) is 2.97. The zero-order valence-electron chi connectivity index (χ0n) is 17.2. The molecule has 28 heavy (non-hydrogen) atoms. The van der Waals surface area contributed by atoms with Crippen LogP contribution in [0.3, 0.4) is 0 Å². The molecule has 0 saturated heterocycles. The van der Waals surface area contributed by atoms with Crippen LogP contribution in [0.5, 0.6) is 0 Å². The number of benzene rings is 1. The smallest absolute Gasteiger partial charge is 0.414 e. The predicted octanol–water partition coefficient (Wildman–Crippen LogP) is 2.34. The highest BCUT2D eigenvalue weighted by Gasteiger charge is 2.38. The molecule has 0 aliphatic carbocycles. The van der Waals surface area contributed by atoms with Crippen molar-refractivity contribution in [2.45, 2.75) is 40.2 Å². The minimum Gasteiger partial charge on any atom is -0.452 e. The van der Waals surface area contributed by atoms with Crippen molar-refractivity contribution in [3.8, 4) is 0 Å². The Morgan fingerprint density at radius 2 is 2.04 bits per heavy atom. The molecule has 4 N–H and O–H groups in total. The molecular formula is C20H30N4O4. The zero-order chi connectivity index (χ0) is 21.1. The van der Waals surface area contributed by atoms with E-state index >= 15 is 0 Å². The topological polar surface area (TPSA) is 114 Å². The fraction of sp³-hybridized carbons (Fsp3) is 0.550. The number of nitrogens with one attached hydrogen (secondary N) is 2. The van der Waals surface area contributed by atoms with E-state index < -0.39 is 12.1 Å². The number of nitrogens with two attached hydrogens (primary N) is 1. The van der Waals surface area contributed by atoms with Crippen molar-refractivity contribution in [1.29, 1.82) is 0 Å². The predicted molar refractivity (Wildman–Crippen MR) is 108 cm³/mol. The monoisotopic (exact) mass is 390 g/mol. The van der Waals surface area contributed by atoms with Crippen LogP contribution in [0.1, 0.15) is 44.5 Å². The molecule has 1 aliphatic rings. The summed E-state index contributed by atoms with van der Waals surface area (Å²) >= 11 is 0. The van der Waals surface area contributed by atoms with Crippen molar-refractivity contribution in [2.75, 3.05) is 30.4 Å². The van der Waals surface area contributed by atoms with Gasteiger partial charge in [-0.25, -0.2) is 4.79 Å². The molecule has 2 rings (SSSR count). The Morgan fingerprint density at radius 1 is 1.36 bits per heavy atom. The molecule has 0 aromatic heterocycles. The van der Waals surface area contributed by atoms with E-state index in [0.717, 1.165) is 0 Å². The number of carbonyl (C=O) groups excluding carboxylic acids is 3. The Hall–Kier alpha value is -2.61. The minimum atomic E-state index is -0.662. The third-order valence-electron chi connectivity index (χ3n) is 4.74. The molecule has 0 radical (unpaired) electrons. The van der Waals surface area contributed by atoms with Crippen molar-refractivity contribution in [2.24, 2.45) is 17.1 Å². The van der Waals surface area contributed by atoms with Crippen molar-refractivity contribution < 1.29 is 19.1 Å². The van der Waals surface area contributed by atoms with E-state index in [1.807, 2.05) is 27.7 Å². The molecule has 0 bridgehead atoms. The van der Waals surface area contributed by atoms with Crippen LogP contribution in [0.2, 0.25) is 0 Å². The average Bonchev–Trinajstić information content (AvgIpc) is 2.65. The SMILES string of the molecule is COC(=O)N1c2ccc(C(=O)NCC(C)(C)CN)cc2NC(=O)C1CC(C)C. The first-order chi connectivity index (χ1) is 13.1. The van der Waals surface area contributed by atoms with E-state index in [-0.39, 0.29) is 23.1 Å². The second-order valence-electron chi connectivity index (χ2n) is 8.26. The van der Waals surface area contributed by atoms with E-state index in [1.54, 1.807) is 18.2 Å². The van der Waals surface area contributed by atoms with Gasteiger partial charge >= 0.3 is 6.09 Å². The number of amides is 3. The van der Waals surface area contributed by atoms with Crippen LogP contribution in [0.25, 0.3) is 0 Å². The van der Waals surface area contributed by atoms with Crippen molar-refractivity contribution >= 4 is 29.3 Å². The largest absolute Gasteiger partial charge is 0.452 e. The Labute approximate surface area is 165 Å². The lowest BCUT2D eigenvalue weighted by molar-refractivity contribution is -0.118. The van der Waals surface area contributed by atoms with Crippen LogP contribution < -0.4 is 21.3 Å². The van der Waals surface area contributed by atoms with Gasteiger partial charge in [-0.05, 0) is 42.5 Å².